The second-order valence-electron chi connectivity index (χ2n) is 5.60. The lowest BCUT2D eigenvalue weighted by molar-refractivity contribution is 0.100. The Hall–Kier alpha value is -2.35. The van der Waals surface area contributed by atoms with Gasteiger partial charge in [0.2, 0.25) is 0 Å². The van der Waals surface area contributed by atoms with E-state index in [0.29, 0.717) is 29.4 Å². The van der Waals surface area contributed by atoms with Crippen molar-refractivity contribution in [3.8, 4) is 5.75 Å². The first-order valence-corrected chi connectivity index (χ1v) is 7.22. The number of hydrogen-bond donors (Lipinski definition) is 0. The van der Waals surface area contributed by atoms with Crippen molar-refractivity contribution in [1.29, 1.82) is 0 Å². The van der Waals surface area contributed by atoms with E-state index in [9.17, 15) is 4.79 Å². The van der Waals surface area contributed by atoms with E-state index in [-0.39, 0.29) is 5.78 Å². The molecule has 0 fully saturated rings. The lowest BCUT2D eigenvalue weighted by Crippen LogP contribution is -2.18. The molecular formula is C19H18O2. The molecule has 2 nitrogen and oxygen atoms in total. The third-order valence-corrected chi connectivity index (χ3v) is 3.75. The van der Waals surface area contributed by atoms with E-state index in [2.05, 4.69) is 38.1 Å². The van der Waals surface area contributed by atoms with Crippen LogP contribution in [0.25, 0.3) is 6.08 Å². The van der Waals surface area contributed by atoms with Crippen LogP contribution in [-0.2, 0) is 0 Å². The fourth-order valence-corrected chi connectivity index (χ4v) is 2.46. The maximum Gasteiger partial charge on any atom is 0.196 e. The molecule has 21 heavy (non-hydrogen) atoms. The van der Waals surface area contributed by atoms with Crippen molar-refractivity contribution in [2.24, 2.45) is 0 Å². The van der Waals surface area contributed by atoms with Gasteiger partial charge in [0.1, 0.15) is 12.4 Å². The third-order valence-electron chi connectivity index (χ3n) is 3.75. The fourth-order valence-electron chi connectivity index (χ4n) is 2.46. The topological polar surface area (TPSA) is 26.3 Å². The largest absolute Gasteiger partial charge is 0.488 e. The van der Waals surface area contributed by atoms with Gasteiger partial charge in [-0.25, -0.2) is 0 Å². The molecule has 0 atom stereocenters. The molecule has 0 aromatic heterocycles. The Labute approximate surface area is 125 Å². The monoisotopic (exact) mass is 278 g/mol. The van der Waals surface area contributed by atoms with Gasteiger partial charge in [-0.1, -0.05) is 50.2 Å². The number of fused-ring (bicyclic) bond motifs is 1. The lowest BCUT2D eigenvalue weighted by Gasteiger charge is -2.18. The molecule has 1 aliphatic heterocycles. The molecule has 0 saturated heterocycles. The number of ether oxygens (including phenoxy) is 1. The summed E-state index contributed by atoms with van der Waals surface area (Å²) in [7, 11) is 0. The van der Waals surface area contributed by atoms with E-state index < -0.39 is 0 Å². The van der Waals surface area contributed by atoms with Gasteiger partial charge in [-0.15, -0.1) is 0 Å². The normalized spacial score (nSPS) is 16.0. The number of para-hydroxylation sites is 1. The predicted octanol–water partition coefficient (Wildman–Crippen LogP) is 4.47. The van der Waals surface area contributed by atoms with Gasteiger partial charge in [0, 0.05) is 5.57 Å². The van der Waals surface area contributed by atoms with Gasteiger partial charge < -0.3 is 4.74 Å². The van der Waals surface area contributed by atoms with Gasteiger partial charge >= 0.3 is 0 Å². The number of rotatable bonds is 2. The molecule has 106 valence electrons. The lowest BCUT2D eigenvalue weighted by atomic mass is 9.97. The van der Waals surface area contributed by atoms with Crippen LogP contribution in [0.1, 0.15) is 41.3 Å². The molecule has 1 heterocycles. The Morgan fingerprint density at radius 2 is 1.76 bits per heavy atom. The van der Waals surface area contributed by atoms with E-state index in [1.807, 2.05) is 30.3 Å². The quantitative estimate of drug-likeness (QED) is 0.758. The third kappa shape index (κ3) is 2.75. The van der Waals surface area contributed by atoms with Crippen molar-refractivity contribution < 1.29 is 9.53 Å². The highest BCUT2D eigenvalue weighted by atomic mass is 16.5. The summed E-state index contributed by atoms with van der Waals surface area (Å²) in [4.78, 5) is 12.4. The molecule has 1 aliphatic rings. The number of Topliss-reactive ketones (excluding diaryl/α,β-unsaturated/α-hetero) is 1. The van der Waals surface area contributed by atoms with Crippen LogP contribution < -0.4 is 4.74 Å². The van der Waals surface area contributed by atoms with Gasteiger partial charge in [-0.3, -0.25) is 4.79 Å². The highest BCUT2D eigenvalue weighted by molar-refractivity contribution is 6.14. The highest BCUT2D eigenvalue weighted by Crippen LogP contribution is 2.27. The van der Waals surface area contributed by atoms with Crippen molar-refractivity contribution >= 4 is 11.9 Å². The SMILES string of the molecule is CC(C)c1ccc(/C=C2/COc3ccccc3C2=O)cc1. The first-order valence-electron chi connectivity index (χ1n) is 7.22. The molecule has 0 bridgehead atoms. The number of hydrogen-bond acceptors (Lipinski definition) is 2. The average Bonchev–Trinajstić information content (AvgIpc) is 2.51. The maximum absolute atomic E-state index is 12.4. The number of carbonyl (C=O) groups excluding carboxylic acids is 1. The predicted molar refractivity (Wildman–Crippen MR) is 84.8 cm³/mol. The molecule has 0 spiro atoms. The molecular weight excluding hydrogens is 260 g/mol. The number of benzene rings is 2. The molecule has 3 rings (SSSR count). The number of ketones is 1. The van der Waals surface area contributed by atoms with Crippen LogP contribution in [-0.4, -0.2) is 12.4 Å². The molecule has 0 N–H and O–H groups in total. The summed E-state index contributed by atoms with van der Waals surface area (Å²) in [5.74, 6) is 1.25. The Kier molecular flexibility index (Phi) is 3.61. The Morgan fingerprint density at radius 3 is 2.48 bits per heavy atom. The first-order chi connectivity index (χ1) is 10.1. The van der Waals surface area contributed by atoms with Crippen LogP contribution in [0.2, 0.25) is 0 Å². The summed E-state index contributed by atoms with van der Waals surface area (Å²) in [6, 6.07) is 15.7. The van der Waals surface area contributed by atoms with Crippen LogP contribution in [0, 0.1) is 0 Å². The van der Waals surface area contributed by atoms with E-state index in [1.165, 1.54) is 5.56 Å². The summed E-state index contributed by atoms with van der Waals surface area (Å²) in [6.07, 6.45) is 1.92. The van der Waals surface area contributed by atoms with Gasteiger partial charge in [-0.05, 0) is 35.3 Å². The number of carbonyl (C=O) groups is 1. The zero-order chi connectivity index (χ0) is 14.8. The minimum absolute atomic E-state index is 0.0600. The molecule has 2 aromatic carbocycles. The van der Waals surface area contributed by atoms with Crippen LogP contribution in [0.5, 0.6) is 5.75 Å². The Bertz CT molecular complexity index is 694. The first kappa shape index (κ1) is 13.6. The smallest absolute Gasteiger partial charge is 0.196 e. The standard InChI is InChI=1S/C19H18O2/c1-13(2)15-9-7-14(8-10-15)11-16-12-21-18-6-4-3-5-17(18)19(16)20/h3-11,13H,12H2,1-2H3/b16-11-. The van der Waals surface area contributed by atoms with Crippen molar-refractivity contribution in [2.75, 3.05) is 6.61 Å². The van der Waals surface area contributed by atoms with Crippen LogP contribution in [0.4, 0.5) is 0 Å². The second-order valence-corrected chi connectivity index (χ2v) is 5.60. The Morgan fingerprint density at radius 1 is 1.05 bits per heavy atom. The summed E-state index contributed by atoms with van der Waals surface area (Å²) in [6.45, 7) is 4.67. The zero-order valence-corrected chi connectivity index (χ0v) is 12.3. The summed E-state index contributed by atoms with van der Waals surface area (Å²) in [5.41, 5.74) is 3.68. The average molecular weight is 278 g/mol. The molecule has 0 unspecified atom stereocenters. The summed E-state index contributed by atoms with van der Waals surface area (Å²) in [5, 5.41) is 0. The molecule has 0 saturated carbocycles. The van der Waals surface area contributed by atoms with Gasteiger partial charge in [-0.2, -0.15) is 0 Å². The minimum Gasteiger partial charge on any atom is -0.488 e. The zero-order valence-electron chi connectivity index (χ0n) is 12.3. The summed E-state index contributed by atoms with van der Waals surface area (Å²) < 4.78 is 5.65. The minimum atomic E-state index is 0.0600. The van der Waals surface area contributed by atoms with Crippen molar-refractivity contribution in [2.45, 2.75) is 19.8 Å². The molecule has 0 radical (unpaired) electrons. The fraction of sp³-hybridized carbons (Fsp3) is 0.211. The van der Waals surface area contributed by atoms with Crippen LogP contribution in [0.15, 0.2) is 54.1 Å². The molecule has 2 heteroatoms. The maximum atomic E-state index is 12.4. The molecule has 2 aromatic rings. The summed E-state index contributed by atoms with van der Waals surface area (Å²) >= 11 is 0. The molecule has 0 amide bonds. The van der Waals surface area contributed by atoms with Gasteiger partial charge in [0.15, 0.2) is 5.78 Å². The molecule has 0 aliphatic carbocycles. The van der Waals surface area contributed by atoms with Crippen molar-refractivity contribution in [1.82, 2.24) is 0 Å². The van der Waals surface area contributed by atoms with Gasteiger partial charge in [0.25, 0.3) is 0 Å². The van der Waals surface area contributed by atoms with Crippen LogP contribution in [0.3, 0.4) is 0 Å². The Balaban J connectivity index is 1.89. The van der Waals surface area contributed by atoms with E-state index in [4.69, 9.17) is 4.74 Å². The van der Waals surface area contributed by atoms with E-state index in [1.54, 1.807) is 0 Å². The van der Waals surface area contributed by atoms with E-state index in [0.717, 1.165) is 5.56 Å². The van der Waals surface area contributed by atoms with Crippen molar-refractivity contribution in [3.05, 3.63) is 70.8 Å². The van der Waals surface area contributed by atoms with Crippen molar-refractivity contribution in [3.63, 3.8) is 0 Å². The highest BCUT2D eigenvalue weighted by Gasteiger charge is 2.22. The van der Waals surface area contributed by atoms with Crippen LogP contribution >= 0.6 is 0 Å². The van der Waals surface area contributed by atoms with E-state index >= 15 is 0 Å². The van der Waals surface area contributed by atoms with Gasteiger partial charge in [0.05, 0.1) is 5.56 Å². The second kappa shape index (κ2) is 5.57.